The van der Waals surface area contributed by atoms with E-state index in [0.29, 0.717) is 0 Å². The molecule has 2 aliphatic rings. The van der Waals surface area contributed by atoms with Crippen LogP contribution < -0.4 is 22.8 Å². The number of phosphoric ester groups is 2. The average molecular weight is 1230 g/mol. The summed E-state index contributed by atoms with van der Waals surface area (Å²) in [5.74, 6) is 9.96. The van der Waals surface area contributed by atoms with Gasteiger partial charge in [-0.05, 0) is 6.42 Å². The minimum absolute atomic E-state index is 0.0400. The minimum atomic E-state index is -5.73. The lowest BCUT2D eigenvalue weighted by atomic mass is 10.2. The van der Waals surface area contributed by atoms with Gasteiger partial charge in [-0.3, -0.25) is 27.3 Å². The molecule has 38 nitrogen and oxygen atoms in total. The SMILES string of the molecule is CP(=O)(O)OCCC#Cc1cn(C2CC(O)C(COP(=O)(O)OP(=O)(O)OP(=O)(O)O)O2)c(=O)nc1N.Nc1nc(=O)n(C2CC(O)C(COP(=O)(O)OP(=O)(O)OP(=O)(O)O)O2)cc1C#CCCCP(=O)(O)O. The van der Waals surface area contributed by atoms with Crippen molar-refractivity contribution in [2.75, 3.05) is 44.1 Å². The van der Waals surface area contributed by atoms with Gasteiger partial charge in [-0.2, -0.15) is 27.2 Å². The molecule has 2 saturated heterocycles. The number of rotatable bonds is 22. The van der Waals surface area contributed by atoms with Crippen molar-refractivity contribution in [2.24, 2.45) is 0 Å². The van der Waals surface area contributed by atoms with Crippen LogP contribution >= 0.6 is 62.1 Å². The zero-order valence-corrected chi connectivity index (χ0v) is 44.2. The molecule has 420 valence electrons. The number of nitrogens with two attached hydrogens (primary N) is 2. The molecular formula is C28H46N6O32P8. The Kier molecular flexibility index (Phi) is 23.4. The van der Waals surface area contributed by atoms with Crippen LogP contribution in [0.2, 0.25) is 0 Å². The number of ether oxygens (including phenoxy) is 2. The van der Waals surface area contributed by atoms with Gasteiger partial charge in [0.2, 0.25) is 0 Å². The van der Waals surface area contributed by atoms with Crippen LogP contribution in [0.25, 0.3) is 0 Å². The van der Waals surface area contributed by atoms with Gasteiger partial charge in [0.15, 0.2) is 0 Å². The van der Waals surface area contributed by atoms with Gasteiger partial charge in [0.05, 0.1) is 49.3 Å². The van der Waals surface area contributed by atoms with Gasteiger partial charge < -0.3 is 89.5 Å². The molecule has 46 heteroatoms. The van der Waals surface area contributed by atoms with E-state index in [-0.39, 0.29) is 67.6 Å². The van der Waals surface area contributed by atoms with E-state index in [4.69, 9.17) is 65.0 Å². The molecule has 74 heavy (non-hydrogen) atoms. The first kappa shape index (κ1) is 65.7. The maximum Gasteiger partial charge on any atom is 0.490 e. The summed E-state index contributed by atoms with van der Waals surface area (Å²) in [6, 6.07) is 0. The normalized spacial score (nSPS) is 24.2. The standard InChI is InChI=1S/2C14H23N3O16P4/c1-34(20,21)29-5-3-2-4-9-7-17(14(19)16-13(9)15)12-6-10(18)11(31-12)8-30-36(25,26)33-37(27,28)32-35(22,23)24;15-13-9(4-2-1-3-5-34(20,21)22)7-17(14(19)16-13)12-6-10(18)11(31-12)8-30-36(26,27)33-37(28,29)32-35(23,24)25/h7,10-12,18H,3,5-6,8H2,1H3,(H,20,21)(H,25,26)(H,27,28)(H2,15,16,19)(H2,22,23,24);7,10-12,18H,1,3,5-6,8H2,(H,26,27)(H,28,29)(H2,15,16,19)(H2,20,21,22)(H2,23,24,25). The van der Waals surface area contributed by atoms with Crippen molar-refractivity contribution in [3.8, 4) is 23.7 Å². The summed E-state index contributed by atoms with van der Waals surface area (Å²) in [4.78, 5) is 130. The summed E-state index contributed by atoms with van der Waals surface area (Å²) < 4.78 is 130. The Hall–Kier alpha value is -2.56. The van der Waals surface area contributed by atoms with Crippen molar-refractivity contribution in [3.05, 3.63) is 44.5 Å². The Balaban J connectivity index is 0.000000390. The first-order chi connectivity index (χ1) is 33.5. The number of aliphatic hydroxyl groups excluding tert-OH is 2. The molecule has 4 rings (SSSR count). The maximum absolute atomic E-state index is 12.3. The summed E-state index contributed by atoms with van der Waals surface area (Å²) in [6.07, 6.45) is -6.26. The Morgan fingerprint density at radius 1 is 0.608 bits per heavy atom. The molecule has 2 aromatic rings. The van der Waals surface area contributed by atoms with E-state index in [1.165, 1.54) is 0 Å². The van der Waals surface area contributed by atoms with E-state index >= 15 is 0 Å². The summed E-state index contributed by atoms with van der Waals surface area (Å²) in [5, 5.41) is 20.4. The van der Waals surface area contributed by atoms with Crippen LogP contribution in [0.1, 0.15) is 55.7 Å². The van der Waals surface area contributed by atoms with Crippen LogP contribution in [0.4, 0.5) is 11.6 Å². The van der Waals surface area contributed by atoms with Gasteiger partial charge in [0.25, 0.3) is 0 Å². The zero-order chi connectivity index (χ0) is 56.5. The molecule has 4 heterocycles. The zero-order valence-electron chi connectivity index (χ0n) is 37.1. The van der Waals surface area contributed by atoms with Crippen molar-refractivity contribution in [1.82, 2.24) is 19.1 Å². The number of nitrogen functional groups attached to an aromatic ring is 2. The van der Waals surface area contributed by atoms with Crippen LogP contribution in [-0.2, 0) is 76.8 Å². The highest BCUT2D eigenvalue weighted by atomic mass is 31.3. The third-order valence-electron chi connectivity index (χ3n) is 8.38. The third-order valence-corrected chi connectivity index (χ3v) is 17.5. The molecule has 0 amide bonds. The van der Waals surface area contributed by atoms with E-state index in [2.05, 4.69) is 64.5 Å². The average Bonchev–Trinajstić information content (AvgIpc) is 3.74. The number of aliphatic hydroxyl groups is 2. The second-order valence-corrected chi connectivity index (χ2v) is 27.1. The quantitative estimate of drug-likeness (QED) is 0.0363. The van der Waals surface area contributed by atoms with E-state index < -0.39 is 124 Å². The van der Waals surface area contributed by atoms with Crippen LogP contribution in [0, 0.1) is 23.7 Å². The molecular weight excluding hydrogens is 1180 g/mol. The molecule has 2 aromatic heterocycles. The fourth-order valence-corrected chi connectivity index (χ4v) is 12.6. The number of phosphoric acid groups is 6. The first-order valence-corrected chi connectivity index (χ1v) is 32.4. The molecule has 0 saturated carbocycles. The maximum atomic E-state index is 12.3. The largest absolute Gasteiger partial charge is 0.490 e. The van der Waals surface area contributed by atoms with Crippen molar-refractivity contribution < 1.29 is 141 Å². The fraction of sp³-hybridized carbons (Fsp3) is 0.571. The molecule has 0 spiro atoms. The Labute approximate surface area is 414 Å². The number of hydrogen-bond acceptors (Lipinski definition) is 25. The lowest BCUT2D eigenvalue weighted by molar-refractivity contribution is -0.0450. The van der Waals surface area contributed by atoms with Gasteiger partial charge in [0, 0.05) is 44.7 Å². The highest BCUT2D eigenvalue weighted by Gasteiger charge is 2.45. The summed E-state index contributed by atoms with van der Waals surface area (Å²) in [5.41, 5.74) is 9.68. The summed E-state index contributed by atoms with van der Waals surface area (Å²) in [7, 11) is -41.4. The van der Waals surface area contributed by atoms with Gasteiger partial charge in [-0.25, -0.2) is 37.0 Å². The predicted molar refractivity (Wildman–Crippen MR) is 241 cm³/mol. The van der Waals surface area contributed by atoms with Crippen LogP contribution in [0.5, 0.6) is 0 Å². The lowest BCUT2D eigenvalue weighted by Gasteiger charge is -2.19. The number of hydrogen-bond donors (Lipinski definition) is 15. The second-order valence-electron chi connectivity index (χ2n) is 14.6. The number of nitrogens with zero attached hydrogens (tertiary/aromatic N) is 4. The Morgan fingerprint density at radius 3 is 1.34 bits per heavy atom. The van der Waals surface area contributed by atoms with E-state index in [0.717, 1.165) is 28.2 Å². The second kappa shape index (κ2) is 26.4. The molecule has 0 bridgehead atoms. The van der Waals surface area contributed by atoms with Gasteiger partial charge in [-0.1, -0.05) is 23.7 Å². The van der Waals surface area contributed by atoms with Crippen molar-refractivity contribution in [2.45, 2.75) is 69.0 Å². The highest BCUT2D eigenvalue weighted by molar-refractivity contribution is 7.67. The molecule has 2 aliphatic heterocycles. The molecule has 11 unspecified atom stereocenters. The van der Waals surface area contributed by atoms with E-state index in [9.17, 15) is 66.1 Å². The van der Waals surface area contributed by atoms with Crippen LogP contribution in [-0.4, -0.2) is 140 Å². The van der Waals surface area contributed by atoms with Gasteiger partial charge in [0.1, 0.15) is 36.3 Å². The van der Waals surface area contributed by atoms with E-state index in [1.807, 2.05) is 0 Å². The van der Waals surface area contributed by atoms with Crippen molar-refractivity contribution >= 4 is 73.8 Å². The molecule has 2 fully saturated rings. The van der Waals surface area contributed by atoms with Gasteiger partial charge in [-0.15, -0.1) is 0 Å². The number of anilines is 2. The topological polar surface area (TPSA) is 604 Å². The van der Waals surface area contributed by atoms with E-state index in [1.54, 1.807) is 0 Å². The highest BCUT2D eigenvalue weighted by Crippen LogP contribution is 2.67. The lowest BCUT2D eigenvalue weighted by Crippen LogP contribution is -2.29. The number of unbranched alkanes of at least 4 members (excludes halogenated alkanes) is 1. The Morgan fingerprint density at radius 2 is 0.986 bits per heavy atom. The number of aromatic nitrogens is 4. The molecule has 0 radical (unpaired) electrons. The fourth-order valence-electron chi connectivity index (χ4n) is 5.54. The minimum Gasteiger partial charge on any atom is -0.390 e. The van der Waals surface area contributed by atoms with Crippen LogP contribution in [0.3, 0.4) is 0 Å². The summed E-state index contributed by atoms with van der Waals surface area (Å²) >= 11 is 0. The van der Waals surface area contributed by atoms with Crippen molar-refractivity contribution in [3.63, 3.8) is 0 Å². The predicted octanol–water partition coefficient (Wildman–Crippen LogP) is -1.48. The third kappa shape index (κ3) is 24.4. The molecule has 11 atom stereocenters. The monoisotopic (exact) mass is 1230 g/mol. The van der Waals surface area contributed by atoms with Gasteiger partial charge >= 0.3 is 73.5 Å². The van der Waals surface area contributed by atoms with Crippen LogP contribution in [0.15, 0.2) is 22.0 Å². The summed E-state index contributed by atoms with van der Waals surface area (Å²) in [6.45, 7) is -1.02. The molecule has 17 N–H and O–H groups in total. The molecule has 0 aliphatic carbocycles. The smallest absolute Gasteiger partial charge is 0.390 e. The first-order valence-electron chi connectivity index (χ1n) is 19.5. The Bertz CT molecular complexity index is 2780. The molecule has 0 aromatic carbocycles. The van der Waals surface area contributed by atoms with Crippen molar-refractivity contribution in [1.29, 1.82) is 0 Å².